The molecule has 0 fully saturated rings. The number of amides is 2. The SMILES string of the molecule is Cc1cccc(NC(=O)C[NH+](C)[C@H](C)C(=O)Nc2ccccc2-c2ccccc2)c1C. The summed E-state index contributed by atoms with van der Waals surface area (Å²) in [5, 5.41) is 6.00. The molecule has 1 unspecified atom stereocenters. The highest BCUT2D eigenvalue weighted by atomic mass is 16.2. The van der Waals surface area contributed by atoms with Crippen molar-refractivity contribution in [2.24, 2.45) is 0 Å². The van der Waals surface area contributed by atoms with E-state index in [1.807, 2.05) is 101 Å². The number of hydrogen-bond donors (Lipinski definition) is 3. The zero-order valence-electron chi connectivity index (χ0n) is 18.5. The molecule has 3 aromatic carbocycles. The van der Waals surface area contributed by atoms with Gasteiger partial charge in [-0.25, -0.2) is 0 Å². The molecule has 2 atom stereocenters. The number of anilines is 2. The van der Waals surface area contributed by atoms with Gasteiger partial charge in [-0.3, -0.25) is 9.59 Å². The van der Waals surface area contributed by atoms with Gasteiger partial charge in [-0.1, -0.05) is 60.7 Å². The zero-order valence-corrected chi connectivity index (χ0v) is 18.5. The Hall–Kier alpha value is -3.44. The Morgan fingerprint density at radius 3 is 2.23 bits per heavy atom. The highest BCUT2D eigenvalue weighted by molar-refractivity contribution is 5.98. The van der Waals surface area contributed by atoms with Crippen LogP contribution in [-0.4, -0.2) is 31.4 Å². The molecule has 2 amide bonds. The number of quaternary nitrogens is 1. The molecule has 0 radical (unpaired) electrons. The van der Waals surface area contributed by atoms with Crippen LogP contribution in [0.3, 0.4) is 0 Å². The van der Waals surface area contributed by atoms with E-state index in [9.17, 15) is 9.59 Å². The number of benzene rings is 3. The lowest BCUT2D eigenvalue weighted by Gasteiger charge is -2.21. The highest BCUT2D eigenvalue weighted by Crippen LogP contribution is 2.27. The molecule has 5 heteroatoms. The minimum absolute atomic E-state index is 0.115. The molecule has 5 nitrogen and oxygen atoms in total. The lowest BCUT2D eigenvalue weighted by molar-refractivity contribution is -0.885. The first kappa shape index (κ1) is 22.2. The third-order valence-electron chi connectivity index (χ3n) is 5.72. The van der Waals surface area contributed by atoms with Crippen LogP contribution in [-0.2, 0) is 9.59 Å². The van der Waals surface area contributed by atoms with Crippen molar-refractivity contribution in [1.82, 2.24) is 0 Å². The Kier molecular flexibility index (Phi) is 7.21. The Morgan fingerprint density at radius 1 is 0.839 bits per heavy atom. The van der Waals surface area contributed by atoms with Gasteiger partial charge in [-0.15, -0.1) is 0 Å². The molecular weight excluding hydrogens is 386 g/mol. The smallest absolute Gasteiger partial charge is 0.282 e. The van der Waals surface area contributed by atoms with Crippen molar-refractivity contribution < 1.29 is 14.5 Å². The maximum absolute atomic E-state index is 12.9. The lowest BCUT2D eigenvalue weighted by atomic mass is 10.0. The highest BCUT2D eigenvalue weighted by Gasteiger charge is 2.25. The molecule has 160 valence electrons. The van der Waals surface area contributed by atoms with Crippen molar-refractivity contribution in [3.05, 3.63) is 83.9 Å². The second-order valence-corrected chi connectivity index (χ2v) is 7.94. The molecule has 0 bridgehead atoms. The fourth-order valence-corrected chi connectivity index (χ4v) is 3.41. The second-order valence-electron chi connectivity index (χ2n) is 7.94. The van der Waals surface area contributed by atoms with Crippen LogP contribution < -0.4 is 15.5 Å². The summed E-state index contributed by atoms with van der Waals surface area (Å²) in [5.41, 5.74) is 5.76. The zero-order chi connectivity index (χ0) is 22.4. The topological polar surface area (TPSA) is 62.6 Å². The van der Waals surface area contributed by atoms with E-state index in [-0.39, 0.29) is 18.4 Å². The van der Waals surface area contributed by atoms with Crippen LogP contribution in [0.5, 0.6) is 0 Å². The average Bonchev–Trinajstić information content (AvgIpc) is 2.77. The fourth-order valence-electron chi connectivity index (χ4n) is 3.41. The molecule has 0 aliphatic carbocycles. The fraction of sp³-hybridized carbons (Fsp3) is 0.231. The van der Waals surface area contributed by atoms with E-state index < -0.39 is 6.04 Å². The van der Waals surface area contributed by atoms with Crippen molar-refractivity contribution in [3.63, 3.8) is 0 Å². The van der Waals surface area contributed by atoms with Crippen molar-refractivity contribution >= 4 is 23.2 Å². The predicted molar refractivity (Wildman–Crippen MR) is 126 cm³/mol. The molecule has 3 N–H and O–H groups in total. The van der Waals surface area contributed by atoms with Gasteiger partial charge < -0.3 is 15.5 Å². The molecular formula is C26H30N3O2+. The van der Waals surface area contributed by atoms with Gasteiger partial charge in [0.15, 0.2) is 12.6 Å². The molecule has 0 saturated heterocycles. The largest absolute Gasteiger partial charge is 0.321 e. The summed E-state index contributed by atoms with van der Waals surface area (Å²) in [6, 6.07) is 23.1. The number of likely N-dealkylation sites (N-methyl/N-ethyl adjacent to an activating group) is 1. The van der Waals surface area contributed by atoms with Crippen LogP contribution >= 0.6 is 0 Å². The second kappa shape index (κ2) is 10.0. The molecule has 3 rings (SSSR count). The number of para-hydroxylation sites is 1. The van der Waals surface area contributed by atoms with Crippen LogP contribution in [0.2, 0.25) is 0 Å². The van der Waals surface area contributed by atoms with Crippen LogP contribution in [0.15, 0.2) is 72.8 Å². The number of carbonyl (C=O) groups excluding carboxylic acids is 2. The minimum Gasteiger partial charge on any atom is -0.321 e. The van der Waals surface area contributed by atoms with Gasteiger partial charge in [0.25, 0.3) is 11.8 Å². The Balaban J connectivity index is 1.64. The molecule has 0 spiro atoms. The third kappa shape index (κ3) is 5.58. The van der Waals surface area contributed by atoms with Gasteiger partial charge >= 0.3 is 0 Å². The number of carbonyl (C=O) groups is 2. The van der Waals surface area contributed by atoms with E-state index in [2.05, 4.69) is 10.6 Å². The summed E-state index contributed by atoms with van der Waals surface area (Å²) in [5.74, 6) is -0.240. The van der Waals surface area contributed by atoms with Crippen molar-refractivity contribution in [1.29, 1.82) is 0 Å². The summed E-state index contributed by atoms with van der Waals surface area (Å²) in [6.45, 7) is 6.03. The monoisotopic (exact) mass is 416 g/mol. The van der Waals surface area contributed by atoms with Crippen LogP contribution in [0.25, 0.3) is 11.1 Å². The van der Waals surface area contributed by atoms with Gasteiger partial charge in [0, 0.05) is 16.9 Å². The van der Waals surface area contributed by atoms with Gasteiger partial charge in [0.2, 0.25) is 0 Å². The summed E-state index contributed by atoms with van der Waals surface area (Å²) in [7, 11) is 1.86. The Labute approximate surface area is 184 Å². The molecule has 0 heterocycles. The quantitative estimate of drug-likeness (QED) is 0.552. The third-order valence-corrected chi connectivity index (χ3v) is 5.72. The lowest BCUT2D eigenvalue weighted by Crippen LogP contribution is -3.14. The van der Waals surface area contributed by atoms with E-state index in [1.54, 1.807) is 0 Å². The van der Waals surface area contributed by atoms with Crippen molar-refractivity contribution in [2.45, 2.75) is 26.8 Å². The van der Waals surface area contributed by atoms with E-state index in [1.165, 1.54) is 0 Å². The summed E-state index contributed by atoms with van der Waals surface area (Å²) in [6.07, 6.45) is 0. The van der Waals surface area contributed by atoms with Gasteiger partial charge in [-0.05, 0) is 49.6 Å². The molecule has 3 aromatic rings. The van der Waals surface area contributed by atoms with E-state index in [4.69, 9.17) is 0 Å². The first-order valence-corrected chi connectivity index (χ1v) is 10.5. The van der Waals surface area contributed by atoms with Gasteiger partial charge in [0.1, 0.15) is 0 Å². The van der Waals surface area contributed by atoms with E-state index >= 15 is 0 Å². The van der Waals surface area contributed by atoms with Crippen molar-refractivity contribution in [2.75, 3.05) is 24.2 Å². The summed E-state index contributed by atoms with van der Waals surface area (Å²) in [4.78, 5) is 26.3. The predicted octanol–water partition coefficient (Wildman–Crippen LogP) is 3.45. The first-order chi connectivity index (χ1) is 14.9. The Bertz CT molecular complexity index is 1060. The normalized spacial score (nSPS) is 12.6. The molecule has 0 aliphatic rings. The first-order valence-electron chi connectivity index (χ1n) is 10.5. The van der Waals surface area contributed by atoms with E-state index in [0.29, 0.717) is 0 Å². The van der Waals surface area contributed by atoms with Gasteiger partial charge in [0.05, 0.1) is 7.05 Å². The van der Waals surface area contributed by atoms with Crippen LogP contribution in [0, 0.1) is 13.8 Å². The summed E-state index contributed by atoms with van der Waals surface area (Å²) < 4.78 is 0. The average molecular weight is 417 g/mol. The molecule has 0 aromatic heterocycles. The van der Waals surface area contributed by atoms with Gasteiger partial charge in [-0.2, -0.15) is 0 Å². The number of nitrogens with one attached hydrogen (secondary N) is 3. The minimum atomic E-state index is -0.395. The maximum Gasteiger partial charge on any atom is 0.282 e. The maximum atomic E-state index is 12.9. The van der Waals surface area contributed by atoms with E-state index in [0.717, 1.165) is 38.5 Å². The standard InChI is InChI=1S/C26H29N3O2/c1-18-11-10-16-23(19(18)2)27-25(30)17-29(4)20(3)26(31)28-24-15-9-8-14-22(24)21-12-6-5-7-13-21/h5-16,20H,17H2,1-4H3,(H,27,30)(H,28,31)/p+1/t20-/m1/s1. The van der Waals surface area contributed by atoms with Crippen LogP contribution in [0.1, 0.15) is 18.1 Å². The molecule has 0 aliphatic heterocycles. The van der Waals surface area contributed by atoms with Crippen LogP contribution in [0.4, 0.5) is 11.4 Å². The molecule has 0 saturated carbocycles. The van der Waals surface area contributed by atoms with Crippen molar-refractivity contribution in [3.8, 4) is 11.1 Å². The number of rotatable bonds is 7. The summed E-state index contributed by atoms with van der Waals surface area (Å²) >= 11 is 0. The molecule has 31 heavy (non-hydrogen) atoms. The number of aryl methyl sites for hydroxylation is 1. The number of hydrogen-bond acceptors (Lipinski definition) is 2. The Morgan fingerprint density at radius 2 is 1.48 bits per heavy atom.